The number of carbonyl (C=O) groups excluding carboxylic acids is 1. The van der Waals surface area contributed by atoms with E-state index in [2.05, 4.69) is 31.4 Å². The predicted octanol–water partition coefficient (Wildman–Crippen LogP) is 1.89. The lowest BCUT2D eigenvalue weighted by molar-refractivity contribution is -0.117. The first-order valence-corrected chi connectivity index (χ1v) is 9.51. The Balaban J connectivity index is 1.29. The van der Waals surface area contributed by atoms with Gasteiger partial charge in [-0.15, -0.1) is 10.2 Å². The van der Waals surface area contributed by atoms with Crippen molar-refractivity contribution in [1.82, 2.24) is 19.5 Å². The number of benzene rings is 1. The fourth-order valence-corrected chi connectivity index (χ4v) is 3.43. The van der Waals surface area contributed by atoms with Crippen LogP contribution < -0.4 is 15.0 Å². The Labute approximate surface area is 163 Å². The molecular formula is C20H24N6O2. The molecule has 4 rings (SSSR count). The Hall–Kier alpha value is -3.13. The van der Waals surface area contributed by atoms with E-state index in [4.69, 9.17) is 4.74 Å². The second-order valence-corrected chi connectivity index (χ2v) is 6.71. The lowest BCUT2D eigenvalue weighted by atomic mass is 10.2. The van der Waals surface area contributed by atoms with Crippen LogP contribution in [0.5, 0.6) is 5.75 Å². The number of nitrogens with zero attached hydrogens (tertiary/aromatic N) is 5. The molecule has 8 heteroatoms. The van der Waals surface area contributed by atoms with Gasteiger partial charge in [-0.05, 0) is 43.3 Å². The van der Waals surface area contributed by atoms with Crippen LogP contribution in [-0.4, -0.2) is 64.7 Å². The first kappa shape index (κ1) is 18.2. The Morgan fingerprint density at radius 1 is 1.11 bits per heavy atom. The van der Waals surface area contributed by atoms with Gasteiger partial charge in [0.2, 0.25) is 5.91 Å². The van der Waals surface area contributed by atoms with Gasteiger partial charge in [-0.2, -0.15) is 0 Å². The molecule has 0 bridgehead atoms. The molecule has 1 aromatic carbocycles. The summed E-state index contributed by atoms with van der Waals surface area (Å²) in [6, 6.07) is 13.5. The van der Waals surface area contributed by atoms with Crippen molar-refractivity contribution in [2.75, 3.05) is 49.5 Å². The van der Waals surface area contributed by atoms with Gasteiger partial charge in [0.15, 0.2) is 5.65 Å². The maximum atomic E-state index is 12.4. The van der Waals surface area contributed by atoms with Crippen molar-refractivity contribution in [3.05, 3.63) is 48.8 Å². The Kier molecular flexibility index (Phi) is 5.38. The van der Waals surface area contributed by atoms with Crippen LogP contribution >= 0.6 is 0 Å². The Bertz CT molecular complexity index is 931. The monoisotopic (exact) mass is 380 g/mol. The fraction of sp³-hybridized carbons (Fsp3) is 0.350. The molecule has 1 aliphatic rings. The third-order valence-corrected chi connectivity index (χ3v) is 4.82. The van der Waals surface area contributed by atoms with E-state index in [0.29, 0.717) is 13.2 Å². The molecule has 0 spiro atoms. The number of hydrogen-bond acceptors (Lipinski definition) is 6. The van der Waals surface area contributed by atoms with E-state index in [1.54, 1.807) is 6.33 Å². The van der Waals surface area contributed by atoms with Gasteiger partial charge >= 0.3 is 0 Å². The molecule has 3 heterocycles. The van der Waals surface area contributed by atoms with E-state index >= 15 is 0 Å². The van der Waals surface area contributed by atoms with Crippen molar-refractivity contribution < 1.29 is 9.53 Å². The SMILES string of the molecule is CCOc1ccc(NC(=O)CN2CCN(c3cccc4nncn34)CC2)cc1. The van der Waals surface area contributed by atoms with Crippen molar-refractivity contribution in [2.24, 2.45) is 0 Å². The highest BCUT2D eigenvalue weighted by atomic mass is 16.5. The number of ether oxygens (including phenoxy) is 1. The van der Waals surface area contributed by atoms with Crippen LogP contribution in [-0.2, 0) is 4.79 Å². The van der Waals surface area contributed by atoms with Crippen LogP contribution in [0.3, 0.4) is 0 Å². The Morgan fingerprint density at radius 2 is 1.89 bits per heavy atom. The van der Waals surface area contributed by atoms with Crippen molar-refractivity contribution in [3.8, 4) is 5.75 Å². The number of nitrogens with one attached hydrogen (secondary N) is 1. The van der Waals surface area contributed by atoms with Crippen molar-refractivity contribution in [2.45, 2.75) is 6.92 Å². The van der Waals surface area contributed by atoms with E-state index < -0.39 is 0 Å². The standard InChI is InChI=1S/C20H24N6O2/c1-2-28-17-8-6-16(7-9-17)22-19(27)14-24-10-12-25(13-11-24)20-5-3-4-18-23-21-15-26(18)20/h3-9,15H,2,10-14H2,1H3,(H,22,27). The van der Waals surface area contributed by atoms with Gasteiger partial charge in [-0.1, -0.05) is 6.07 Å². The molecule has 1 aliphatic heterocycles. The number of aromatic nitrogens is 3. The van der Waals surface area contributed by atoms with Crippen LogP contribution in [0, 0.1) is 0 Å². The third-order valence-electron chi connectivity index (χ3n) is 4.82. The zero-order chi connectivity index (χ0) is 19.3. The number of piperazine rings is 1. The van der Waals surface area contributed by atoms with Crippen molar-refractivity contribution in [1.29, 1.82) is 0 Å². The molecule has 3 aromatic rings. The van der Waals surface area contributed by atoms with Crippen LogP contribution in [0.25, 0.3) is 5.65 Å². The number of fused-ring (bicyclic) bond motifs is 1. The molecule has 0 saturated carbocycles. The van der Waals surface area contributed by atoms with Gasteiger partial charge in [-0.3, -0.25) is 14.1 Å². The Morgan fingerprint density at radius 3 is 2.64 bits per heavy atom. The minimum atomic E-state index is -0.00137. The summed E-state index contributed by atoms with van der Waals surface area (Å²) in [4.78, 5) is 16.8. The number of rotatable bonds is 6. The van der Waals surface area contributed by atoms with E-state index in [1.807, 2.05) is 47.7 Å². The van der Waals surface area contributed by atoms with E-state index in [0.717, 1.165) is 49.1 Å². The molecule has 0 radical (unpaired) electrons. The molecule has 28 heavy (non-hydrogen) atoms. The lowest BCUT2D eigenvalue weighted by Crippen LogP contribution is -2.49. The largest absolute Gasteiger partial charge is 0.494 e. The minimum Gasteiger partial charge on any atom is -0.494 e. The van der Waals surface area contributed by atoms with Gasteiger partial charge < -0.3 is 15.0 Å². The highest BCUT2D eigenvalue weighted by molar-refractivity contribution is 5.92. The van der Waals surface area contributed by atoms with Crippen molar-refractivity contribution in [3.63, 3.8) is 0 Å². The second-order valence-electron chi connectivity index (χ2n) is 6.71. The molecule has 1 saturated heterocycles. The molecule has 1 N–H and O–H groups in total. The summed E-state index contributed by atoms with van der Waals surface area (Å²) in [5.74, 6) is 1.89. The fourth-order valence-electron chi connectivity index (χ4n) is 3.43. The molecule has 2 aromatic heterocycles. The van der Waals surface area contributed by atoms with E-state index in [9.17, 15) is 4.79 Å². The van der Waals surface area contributed by atoms with Crippen molar-refractivity contribution >= 4 is 23.1 Å². The lowest BCUT2D eigenvalue weighted by Gasteiger charge is -2.35. The first-order valence-electron chi connectivity index (χ1n) is 9.51. The molecule has 0 atom stereocenters. The highest BCUT2D eigenvalue weighted by Gasteiger charge is 2.20. The number of carbonyl (C=O) groups is 1. The summed E-state index contributed by atoms with van der Waals surface area (Å²) in [5, 5.41) is 11.0. The summed E-state index contributed by atoms with van der Waals surface area (Å²) in [5.41, 5.74) is 1.63. The molecule has 8 nitrogen and oxygen atoms in total. The van der Waals surface area contributed by atoms with Gasteiger partial charge in [0.1, 0.15) is 17.9 Å². The summed E-state index contributed by atoms with van der Waals surface area (Å²) >= 11 is 0. The molecule has 146 valence electrons. The van der Waals surface area contributed by atoms with Crippen LogP contribution in [0.1, 0.15) is 6.92 Å². The number of hydrogen-bond donors (Lipinski definition) is 1. The highest BCUT2D eigenvalue weighted by Crippen LogP contribution is 2.18. The average molecular weight is 380 g/mol. The third kappa shape index (κ3) is 4.07. The maximum absolute atomic E-state index is 12.4. The van der Waals surface area contributed by atoms with Crippen LogP contribution in [0.2, 0.25) is 0 Å². The topological polar surface area (TPSA) is 75.0 Å². The van der Waals surface area contributed by atoms with Gasteiger partial charge in [0, 0.05) is 31.9 Å². The molecule has 1 fully saturated rings. The van der Waals surface area contributed by atoms with Gasteiger partial charge in [0.25, 0.3) is 0 Å². The number of amides is 1. The summed E-state index contributed by atoms with van der Waals surface area (Å²) in [6.07, 6.45) is 1.74. The zero-order valence-corrected chi connectivity index (χ0v) is 15.9. The van der Waals surface area contributed by atoms with Gasteiger partial charge in [0.05, 0.1) is 13.2 Å². The normalized spacial score (nSPS) is 15.0. The van der Waals surface area contributed by atoms with Crippen LogP contribution in [0.15, 0.2) is 48.8 Å². The molecule has 0 unspecified atom stereocenters. The molecule has 1 amide bonds. The smallest absolute Gasteiger partial charge is 0.238 e. The summed E-state index contributed by atoms with van der Waals surface area (Å²) in [6.45, 7) is 6.33. The first-order chi connectivity index (χ1) is 13.7. The van der Waals surface area contributed by atoms with E-state index in [-0.39, 0.29) is 5.91 Å². The maximum Gasteiger partial charge on any atom is 0.238 e. The number of pyridine rings is 1. The van der Waals surface area contributed by atoms with Gasteiger partial charge in [-0.25, -0.2) is 0 Å². The average Bonchev–Trinajstić information content (AvgIpc) is 3.19. The van der Waals surface area contributed by atoms with E-state index in [1.165, 1.54) is 0 Å². The second kappa shape index (κ2) is 8.26. The zero-order valence-electron chi connectivity index (χ0n) is 15.9. The van der Waals surface area contributed by atoms with Crippen LogP contribution in [0.4, 0.5) is 11.5 Å². The summed E-state index contributed by atoms with van der Waals surface area (Å²) in [7, 11) is 0. The quantitative estimate of drug-likeness (QED) is 0.704. The minimum absolute atomic E-state index is 0.00137. The number of anilines is 2. The molecular weight excluding hydrogens is 356 g/mol. The molecule has 0 aliphatic carbocycles. The predicted molar refractivity (Wildman–Crippen MR) is 108 cm³/mol. The summed E-state index contributed by atoms with van der Waals surface area (Å²) < 4.78 is 7.41.